The van der Waals surface area contributed by atoms with Crippen molar-refractivity contribution in [2.45, 2.75) is 45.4 Å². The molecular weight excluding hydrogens is 152 g/mol. The van der Waals surface area contributed by atoms with E-state index in [0.717, 1.165) is 25.2 Å². The summed E-state index contributed by atoms with van der Waals surface area (Å²) in [6, 6.07) is 0. The molecule has 1 atom stereocenters. The van der Waals surface area contributed by atoms with Crippen LogP contribution in [0.1, 0.15) is 45.4 Å². The fraction of sp³-hybridized carbons (Fsp3) is 0.900. The van der Waals surface area contributed by atoms with E-state index >= 15 is 0 Å². The summed E-state index contributed by atoms with van der Waals surface area (Å²) in [7, 11) is 0. The van der Waals surface area contributed by atoms with Gasteiger partial charge in [0.05, 0.1) is 5.92 Å². The Kier molecular flexibility index (Phi) is 3.57. The average molecular weight is 170 g/mol. The summed E-state index contributed by atoms with van der Waals surface area (Å²) in [5, 5.41) is 8.87. The molecule has 0 heterocycles. The van der Waals surface area contributed by atoms with Crippen molar-refractivity contribution in [1.82, 2.24) is 0 Å². The molecule has 1 saturated carbocycles. The molecule has 1 rings (SSSR count). The van der Waals surface area contributed by atoms with Crippen LogP contribution in [-0.4, -0.2) is 11.1 Å². The third-order valence-corrected chi connectivity index (χ3v) is 2.83. The molecule has 0 bridgehead atoms. The molecule has 12 heavy (non-hydrogen) atoms. The summed E-state index contributed by atoms with van der Waals surface area (Å²) in [4.78, 5) is 10.8. The van der Waals surface area contributed by atoms with Crippen LogP contribution in [0.4, 0.5) is 0 Å². The van der Waals surface area contributed by atoms with Crippen molar-refractivity contribution in [3.05, 3.63) is 0 Å². The third kappa shape index (κ3) is 2.50. The molecule has 0 aliphatic heterocycles. The van der Waals surface area contributed by atoms with Crippen molar-refractivity contribution in [3.63, 3.8) is 0 Å². The Morgan fingerprint density at radius 2 is 2.25 bits per heavy atom. The predicted molar refractivity (Wildman–Crippen MR) is 48.0 cm³/mol. The van der Waals surface area contributed by atoms with Crippen molar-refractivity contribution in [2.24, 2.45) is 11.8 Å². The summed E-state index contributed by atoms with van der Waals surface area (Å²) in [6.07, 6.45) is 6.59. The highest BCUT2D eigenvalue weighted by molar-refractivity contribution is 5.69. The van der Waals surface area contributed by atoms with Gasteiger partial charge < -0.3 is 5.11 Å². The van der Waals surface area contributed by atoms with Gasteiger partial charge in [-0.1, -0.05) is 32.6 Å². The van der Waals surface area contributed by atoms with E-state index in [-0.39, 0.29) is 5.92 Å². The highest BCUT2D eigenvalue weighted by atomic mass is 16.4. The van der Waals surface area contributed by atoms with E-state index in [1.807, 2.05) is 0 Å². The maximum Gasteiger partial charge on any atom is 0.306 e. The number of hydrogen-bond acceptors (Lipinski definition) is 1. The molecule has 70 valence electrons. The molecule has 1 aliphatic rings. The van der Waals surface area contributed by atoms with Crippen LogP contribution in [0.5, 0.6) is 0 Å². The topological polar surface area (TPSA) is 37.3 Å². The Morgan fingerprint density at radius 3 is 2.58 bits per heavy atom. The minimum atomic E-state index is -0.594. The Bertz CT molecular complexity index is 150. The molecule has 1 fully saturated rings. The predicted octanol–water partition coefficient (Wildman–Crippen LogP) is 2.68. The summed E-state index contributed by atoms with van der Waals surface area (Å²) >= 11 is 0. The van der Waals surface area contributed by atoms with Crippen LogP contribution in [0.3, 0.4) is 0 Å². The zero-order valence-corrected chi connectivity index (χ0v) is 7.75. The summed E-state index contributed by atoms with van der Waals surface area (Å²) in [5.74, 6) is 0.0571. The standard InChI is InChI=1S/C10H18O2/c1-2-4-9(10(11)12)7-8-5-3-6-8/h8-9H,2-7H2,1H3,(H,11,12). The van der Waals surface area contributed by atoms with Crippen LogP contribution in [0.15, 0.2) is 0 Å². The zero-order valence-electron chi connectivity index (χ0n) is 7.75. The Morgan fingerprint density at radius 1 is 1.58 bits per heavy atom. The first-order valence-corrected chi connectivity index (χ1v) is 4.96. The van der Waals surface area contributed by atoms with Gasteiger partial charge in [-0.3, -0.25) is 4.79 Å². The Labute approximate surface area is 74.0 Å². The normalized spacial score (nSPS) is 20.1. The first-order valence-electron chi connectivity index (χ1n) is 4.96. The molecule has 2 nitrogen and oxygen atoms in total. The highest BCUT2D eigenvalue weighted by Gasteiger charge is 2.25. The molecule has 2 heteroatoms. The van der Waals surface area contributed by atoms with E-state index in [1.165, 1.54) is 19.3 Å². The first kappa shape index (κ1) is 9.56. The second kappa shape index (κ2) is 4.48. The van der Waals surface area contributed by atoms with Gasteiger partial charge in [-0.25, -0.2) is 0 Å². The van der Waals surface area contributed by atoms with Gasteiger partial charge in [0, 0.05) is 0 Å². The number of carboxylic acid groups (broad SMARTS) is 1. The van der Waals surface area contributed by atoms with Gasteiger partial charge in [0.25, 0.3) is 0 Å². The maximum atomic E-state index is 10.8. The largest absolute Gasteiger partial charge is 0.481 e. The van der Waals surface area contributed by atoms with Gasteiger partial charge >= 0.3 is 5.97 Å². The second-order valence-corrected chi connectivity index (χ2v) is 3.86. The van der Waals surface area contributed by atoms with Gasteiger partial charge in [-0.15, -0.1) is 0 Å². The molecular formula is C10H18O2. The van der Waals surface area contributed by atoms with Crippen LogP contribution >= 0.6 is 0 Å². The SMILES string of the molecule is CCCC(CC1CCC1)C(=O)O. The monoisotopic (exact) mass is 170 g/mol. The number of carboxylic acids is 1. The molecule has 0 aromatic heterocycles. The summed E-state index contributed by atoms with van der Waals surface area (Å²) in [5.41, 5.74) is 0. The van der Waals surface area contributed by atoms with Crippen LogP contribution in [0.2, 0.25) is 0 Å². The first-order chi connectivity index (χ1) is 5.74. The second-order valence-electron chi connectivity index (χ2n) is 3.86. The number of hydrogen-bond donors (Lipinski definition) is 1. The van der Waals surface area contributed by atoms with E-state index in [9.17, 15) is 4.79 Å². The molecule has 1 unspecified atom stereocenters. The molecule has 0 radical (unpaired) electrons. The van der Waals surface area contributed by atoms with E-state index in [0.29, 0.717) is 0 Å². The van der Waals surface area contributed by atoms with Gasteiger partial charge in [-0.2, -0.15) is 0 Å². The number of carbonyl (C=O) groups is 1. The minimum absolute atomic E-state index is 0.0692. The minimum Gasteiger partial charge on any atom is -0.481 e. The van der Waals surface area contributed by atoms with Crippen LogP contribution in [0, 0.1) is 11.8 Å². The molecule has 0 aromatic rings. The summed E-state index contributed by atoms with van der Waals surface area (Å²) < 4.78 is 0. The lowest BCUT2D eigenvalue weighted by Crippen LogP contribution is -2.21. The van der Waals surface area contributed by atoms with Crippen molar-refractivity contribution in [3.8, 4) is 0 Å². The highest BCUT2D eigenvalue weighted by Crippen LogP contribution is 2.33. The number of aliphatic carboxylic acids is 1. The van der Waals surface area contributed by atoms with Crippen LogP contribution in [0.25, 0.3) is 0 Å². The van der Waals surface area contributed by atoms with Crippen molar-refractivity contribution in [2.75, 3.05) is 0 Å². The van der Waals surface area contributed by atoms with E-state index < -0.39 is 5.97 Å². The third-order valence-electron chi connectivity index (χ3n) is 2.83. The quantitative estimate of drug-likeness (QED) is 0.688. The molecule has 0 saturated heterocycles. The van der Waals surface area contributed by atoms with E-state index in [1.54, 1.807) is 0 Å². The average Bonchev–Trinajstić information content (AvgIpc) is 1.93. The van der Waals surface area contributed by atoms with E-state index in [2.05, 4.69) is 6.92 Å². The van der Waals surface area contributed by atoms with Crippen molar-refractivity contribution < 1.29 is 9.90 Å². The molecule has 0 spiro atoms. The van der Waals surface area contributed by atoms with E-state index in [4.69, 9.17) is 5.11 Å². The molecule has 1 N–H and O–H groups in total. The lowest BCUT2D eigenvalue weighted by molar-refractivity contribution is -0.142. The fourth-order valence-electron chi connectivity index (χ4n) is 1.82. The molecule has 1 aliphatic carbocycles. The van der Waals surface area contributed by atoms with Gasteiger partial charge in [-0.05, 0) is 18.8 Å². The Hall–Kier alpha value is -0.530. The lowest BCUT2D eigenvalue weighted by Gasteiger charge is -2.27. The smallest absolute Gasteiger partial charge is 0.306 e. The van der Waals surface area contributed by atoms with Crippen molar-refractivity contribution in [1.29, 1.82) is 0 Å². The summed E-state index contributed by atoms with van der Waals surface area (Å²) in [6.45, 7) is 2.05. The lowest BCUT2D eigenvalue weighted by atomic mass is 9.78. The molecule has 0 aromatic carbocycles. The maximum absolute atomic E-state index is 10.8. The van der Waals surface area contributed by atoms with Gasteiger partial charge in [0.1, 0.15) is 0 Å². The van der Waals surface area contributed by atoms with Crippen LogP contribution in [-0.2, 0) is 4.79 Å². The van der Waals surface area contributed by atoms with Crippen LogP contribution < -0.4 is 0 Å². The fourth-order valence-corrected chi connectivity index (χ4v) is 1.82. The van der Waals surface area contributed by atoms with Crippen molar-refractivity contribution >= 4 is 5.97 Å². The Balaban J connectivity index is 2.26. The van der Waals surface area contributed by atoms with Gasteiger partial charge in [0.2, 0.25) is 0 Å². The van der Waals surface area contributed by atoms with Gasteiger partial charge in [0.15, 0.2) is 0 Å². The number of rotatable bonds is 5. The zero-order chi connectivity index (χ0) is 8.97. The molecule has 0 amide bonds.